The molecular weight excluding hydrogens is 489 g/mol. The fourth-order valence-electron chi connectivity index (χ4n) is 5.07. The van der Waals surface area contributed by atoms with Crippen LogP contribution in [-0.4, -0.2) is 77.4 Å². The number of anilines is 2. The second kappa shape index (κ2) is 11.5. The average Bonchev–Trinajstić information content (AvgIpc) is 3.75. The van der Waals surface area contributed by atoms with Crippen LogP contribution in [0.2, 0.25) is 0 Å². The van der Waals surface area contributed by atoms with Gasteiger partial charge in [0, 0.05) is 62.4 Å². The third-order valence-corrected chi connectivity index (χ3v) is 7.29. The van der Waals surface area contributed by atoms with Crippen LogP contribution in [0.1, 0.15) is 36.5 Å². The van der Waals surface area contributed by atoms with Gasteiger partial charge in [-0.3, -0.25) is 10.3 Å². The van der Waals surface area contributed by atoms with Gasteiger partial charge in [0.2, 0.25) is 0 Å². The van der Waals surface area contributed by atoms with E-state index in [9.17, 15) is 20.1 Å². The normalized spacial score (nSPS) is 20.8. The number of hydrogen-bond donors (Lipinski definition) is 4. The van der Waals surface area contributed by atoms with Crippen LogP contribution in [0.25, 0.3) is 0 Å². The van der Waals surface area contributed by atoms with Crippen LogP contribution in [0.3, 0.4) is 0 Å². The number of rotatable bonds is 10. The molecule has 2 aliphatic heterocycles. The van der Waals surface area contributed by atoms with Crippen LogP contribution in [0.5, 0.6) is 0 Å². The molecule has 9 nitrogen and oxygen atoms in total. The van der Waals surface area contributed by atoms with Crippen molar-refractivity contribution in [3.63, 3.8) is 0 Å². The second-order valence-corrected chi connectivity index (χ2v) is 10.1. The summed E-state index contributed by atoms with van der Waals surface area (Å²) in [5.74, 6) is -1.69. The van der Waals surface area contributed by atoms with Gasteiger partial charge < -0.3 is 25.1 Å². The number of β-amino-alcohol motifs (C(OH)–C–C–N with tert-alkyl or cyclic N) is 1. The molecule has 38 heavy (non-hydrogen) atoms. The van der Waals surface area contributed by atoms with E-state index in [0.29, 0.717) is 44.1 Å². The van der Waals surface area contributed by atoms with Crippen molar-refractivity contribution in [3.05, 3.63) is 71.2 Å². The Morgan fingerprint density at radius 1 is 1.13 bits per heavy atom. The number of nitrogens with zero attached hydrogens (tertiary/aromatic N) is 4. The highest BCUT2D eigenvalue weighted by Gasteiger charge is 2.38. The summed E-state index contributed by atoms with van der Waals surface area (Å²) < 4.78 is 15.2. The summed E-state index contributed by atoms with van der Waals surface area (Å²) in [4.78, 5) is 17.6. The summed E-state index contributed by atoms with van der Waals surface area (Å²) in [5.41, 5.74) is 5.26. The topological polar surface area (TPSA) is 112 Å². The molecule has 1 saturated heterocycles. The summed E-state index contributed by atoms with van der Waals surface area (Å²) >= 11 is 0. The number of piperazine rings is 1. The summed E-state index contributed by atoms with van der Waals surface area (Å²) in [5, 5.41) is 34.6. The number of carboxylic acid groups (broad SMARTS) is 1. The third-order valence-electron chi connectivity index (χ3n) is 7.29. The van der Waals surface area contributed by atoms with Gasteiger partial charge in [-0.1, -0.05) is 30.3 Å². The molecule has 2 atom stereocenters. The first-order valence-corrected chi connectivity index (χ1v) is 13.1. The van der Waals surface area contributed by atoms with Gasteiger partial charge in [-0.25, -0.2) is 9.18 Å². The third kappa shape index (κ3) is 5.98. The maximum atomic E-state index is 15.2. The first kappa shape index (κ1) is 26.1. The summed E-state index contributed by atoms with van der Waals surface area (Å²) in [7, 11) is 0. The molecule has 1 saturated carbocycles. The van der Waals surface area contributed by atoms with Crippen LogP contribution in [0, 0.1) is 5.82 Å². The number of aliphatic hydroxyl groups excluding tert-OH is 2. The Morgan fingerprint density at radius 2 is 1.87 bits per heavy atom. The van der Waals surface area contributed by atoms with Crippen molar-refractivity contribution in [2.24, 2.45) is 5.10 Å². The number of aliphatic carboxylic acids is 1. The van der Waals surface area contributed by atoms with Crippen LogP contribution in [0.4, 0.5) is 15.8 Å². The minimum absolute atomic E-state index is 0.141. The fourth-order valence-corrected chi connectivity index (χ4v) is 5.07. The molecule has 2 heterocycles. The maximum absolute atomic E-state index is 15.2. The smallest absolute Gasteiger partial charge is 0.336 e. The quantitative estimate of drug-likeness (QED) is 0.214. The number of carboxylic acids is 1. The Kier molecular flexibility index (Phi) is 7.92. The predicted molar refractivity (Wildman–Crippen MR) is 144 cm³/mol. The van der Waals surface area contributed by atoms with E-state index in [-0.39, 0.29) is 17.2 Å². The molecule has 2 aromatic rings. The lowest BCUT2D eigenvalue weighted by atomic mass is 9.95. The number of fused-ring (bicyclic) bond motifs is 1. The number of carbonyl (C=O) groups is 1. The van der Waals surface area contributed by atoms with Crippen molar-refractivity contribution in [1.82, 2.24) is 10.3 Å². The molecule has 10 heteroatoms. The van der Waals surface area contributed by atoms with Gasteiger partial charge in [0.15, 0.2) is 6.23 Å². The van der Waals surface area contributed by atoms with Crippen molar-refractivity contribution in [2.45, 2.75) is 44.1 Å². The zero-order valence-electron chi connectivity index (χ0n) is 21.2. The number of hydrogen-bond acceptors (Lipinski definition) is 8. The van der Waals surface area contributed by atoms with Crippen molar-refractivity contribution >= 4 is 23.6 Å². The molecule has 3 aliphatic rings. The van der Waals surface area contributed by atoms with E-state index in [4.69, 9.17) is 0 Å². The average molecular weight is 524 g/mol. The predicted octanol–water partition coefficient (Wildman–Crippen LogP) is 2.46. The van der Waals surface area contributed by atoms with Crippen LogP contribution in [-0.2, 0) is 11.2 Å². The molecule has 202 valence electrons. The van der Waals surface area contributed by atoms with Crippen LogP contribution >= 0.6 is 0 Å². The second-order valence-electron chi connectivity index (χ2n) is 10.1. The minimum atomic E-state index is -1.37. The van der Waals surface area contributed by atoms with E-state index in [1.165, 1.54) is 17.8 Å². The molecule has 0 amide bonds. The number of nitrogens with one attached hydrogen (secondary N) is 1. The lowest BCUT2D eigenvalue weighted by Crippen LogP contribution is -2.50. The first-order chi connectivity index (χ1) is 18.4. The van der Waals surface area contributed by atoms with Gasteiger partial charge >= 0.3 is 5.97 Å². The highest BCUT2D eigenvalue weighted by atomic mass is 19.1. The number of benzene rings is 2. The van der Waals surface area contributed by atoms with Crippen LogP contribution < -0.4 is 15.2 Å². The van der Waals surface area contributed by atoms with Gasteiger partial charge in [-0.05, 0) is 43.4 Å². The van der Waals surface area contributed by atoms with Gasteiger partial charge in [0.05, 0.1) is 11.3 Å². The molecule has 0 aromatic heterocycles. The highest BCUT2D eigenvalue weighted by Crippen LogP contribution is 2.44. The van der Waals surface area contributed by atoms with Crippen LogP contribution in [0.15, 0.2) is 59.3 Å². The molecule has 0 spiro atoms. The lowest BCUT2D eigenvalue weighted by Gasteiger charge is -2.38. The van der Waals surface area contributed by atoms with Crippen molar-refractivity contribution in [1.29, 1.82) is 0 Å². The Balaban J connectivity index is 1.15. The molecule has 4 N–H and O–H groups in total. The summed E-state index contributed by atoms with van der Waals surface area (Å²) in [6.45, 7) is 2.84. The number of aliphatic hydroxyl groups is 2. The molecule has 0 bridgehead atoms. The Labute approximate surface area is 221 Å². The maximum Gasteiger partial charge on any atom is 0.336 e. The van der Waals surface area contributed by atoms with Gasteiger partial charge in [-0.2, -0.15) is 5.10 Å². The van der Waals surface area contributed by atoms with Gasteiger partial charge in [-0.15, -0.1) is 0 Å². The molecule has 2 fully saturated rings. The summed E-state index contributed by atoms with van der Waals surface area (Å²) in [6.07, 6.45) is 4.60. The first-order valence-electron chi connectivity index (χ1n) is 13.1. The van der Waals surface area contributed by atoms with Gasteiger partial charge in [0.1, 0.15) is 11.9 Å². The lowest BCUT2D eigenvalue weighted by molar-refractivity contribution is -0.133. The minimum Gasteiger partial charge on any atom is -0.478 e. The molecule has 2 unspecified atom stereocenters. The molecule has 0 radical (unpaired) electrons. The van der Waals surface area contributed by atoms with Crippen molar-refractivity contribution in [2.75, 3.05) is 42.5 Å². The highest BCUT2D eigenvalue weighted by molar-refractivity contribution is 5.91. The van der Waals surface area contributed by atoms with Gasteiger partial charge in [0.25, 0.3) is 0 Å². The molecule has 1 aliphatic carbocycles. The standard InChI is InChI=1S/C28H34FN5O4/c29-23-15-21-24(34(20-8-9-20)17-22(27(21)36)28(37)38)16-25(23)33-13-11-32(12-14-33)18-26(35)31-30-10-4-7-19-5-2-1-3-6-19/h1-3,5-6,10,15-17,20,26-27,31,35-36H,4,7-9,11-14,18H2,(H,37,38)/b30-10+. The zero-order chi connectivity index (χ0) is 26.6. The fraction of sp³-hybridized carbons (Fsp3) is 0.429. The van der Waals surface area contributed by atoms with E-state index in [2.05, 4.69) is 27.6 Å². The number of aryl methyl sites for hydroxylation is 1. The Hall–Kier alpha value is -3.47. The summed E-state index contributed by atoms with van der Waals surface area (Å²) in [6, 6.07) is 13.3. The van der Waals surface area contributed by atoms with E-state index >= 15 is 4.39 Å². The number of halogens is 1. The molecule has 2 aromatic carbocycles. The zero-order valence-corrected chi connectivity index (χ0v) is 21.2. The monoisotopic (exact) mass is 523 g/mol. The largest absolute Gasteiger partial charge is 0.478 e. The van der Waals surface area contributed by atoms with E-state index in [1.807, 2.05) is 28.0 Å². The Bertz CT molecular complexity index is 1200. The van der Waals surface area contributed by atoms with E-state index in [1.54, 1.807) is 12.3 Å². The Morgan fingerprint density at radius 3 is 2.55 bits per heavy atom. The van der Waals surface area contributed by atoms with Crippen molar-refractivity contribution < 1.29 is 24.5 Å². The number of hydrazone groups is 1. The molecule has 5 rings (SSSR count). The van der Waals surface area contributed by atoms with E-state index in [0.717, 1.165) is 25.7 Å². The van der Waals surface area contributed by atoms with Crippen molar-refractivity contribution in [3.8, 4) is 0 Å². The SMILES string of the molecule is O=C(O)C1=CN(C2CC2)c2cc(N3CCN(CC(O)N/N=C/CCc4ccccc4)CC3)c(F)cc2C1O. The molecular formula is C28H34FN5O4. The van der Waals surface area contributed by atoms with E-state index < -0.39 is 24.1 Å².